The molecule has 3 rings (SSSR count). The first-order chi connectivity index (χ1) is 15.0. The van der Waals surface area contributed by atoms with Crippen LogP contribution < -0.4 is 30.2 Å². The molecule has 2 aromatic rings. The van der Waals surface area contributed by atoms with Crippen LogP contribution in [0.15, 0.2) is 36.4 Å². The fourth-order valence-electron chi connectivity index (χ4n) is 3.57. The predicted octanol–water partition coefficient (Wildman–Crippen LogP) is 3.06. The van der Waals surface area contributed by atoms with Crippen molar-refractivity contribution < 1.29 is 23.8 Å². The van der Waals surface area contributed by atoms with Gasteiger partial charge in [-0.15, -0.1) is 0 Å². The highest BCUT2D eigenvalue weighted by Crippen LogP contribution is 2.38. The third kappa shape index (κ3) is 5.09. The van der Waals surface area contributed by atoms with Crippen LogP contribution in [-0.4, -0.2) is 46.2 Å². The molecule has 2 amide bonds. The quantitative estimate of drug-likeness (QED) is 0.630. The van der Waals surface area contributed by atoms with Crippen LogP contribution in [0, 0.1) is 0 Å². The van der Waals surface area contributed by atoms with Crippen molar-refractivity contribution in [2.75, 3.05) is 44.6 Å². The van der Waals surface area contributed by atoms with Gasteiger partial charge in [0.05, 0.1) is 32.7 Å². The van der Waals surface area contributed by atoms with Crippen molar-refractivity contribution in [1.29, 1.82) is 0 Å². The second-order valence-electron chi connectivity index (χ2n) is 7.07. The number of benzene rings is 2. The second-order valence-corrected chi connectivity index (χ2v) is 7.07. The van der Waals surface area contributed by atoms with Crippen molar-refractivity contribution >= 4 is 29.3 Å². The molecule has 1 aliphatic heterocycles. The van der Waals surface area contributed by atoms with Gasteiger partial charge < -0.3 is 30.2 Å². The van der Waals surface area contributed by atoms with Crippen LogP contribution in [-0.2, 0) is 4.79 Å². The predicted molar refractivity (Wildman–Crippen MR) is 120 cm³/mol. The SMILES string of the molecule is COc1cc(C=CC(=O)Nc2cc(C(N)=O)ccc2N2CCCC2)cc(OC)c1OC. The number of hydrogen-bond acceptors (Lipinski definition) is 6. The Morgan fingerprint density at radius 2 is 1.65 bits per heavy atom. The van der Waals surface area contributed by atoms with Gasteiger partial charge in [-0.25, -0.2) is 0 Å². The molecule has 0 aromatic heterocycles. The van der Waals surface area contributed by atoms with E-state index < -0.39 is 5.91 Å². The van der Waals surface area contributed by atoms with Crippen LogP contribution in [0.25, 0.3) is 6.08 Å². The molecule has 0 saturated carbocycles. The highest BCUT2D eigenvalue weighted by molar-refractivity contribution is 6.05. The molecular weight excluding hydrogens is 398 g/mol. The molecule has 1 heterocycles. The summed E-state index contributed by atoms with van der Waals surface area (Å²) in [6.07, 6.45) is 5.23. The number of amides is 2. The summed E-state index contributed by atoms with van der Waals surface area (Å²) < 4.78 is 16.0. The van der Waals surface area contributed by atoms with Crippen LogP contribution in [0.4, 0.5) is 11.4 Å². The number of ether oxygens (including phenoxy) is 3. The van der Waals surface area contributed by atoms with Crippen LogP contribution in [0.1, 0.15) is 28.8 Å². The molecular formula is C23H27N3O5. The number of rotatable bonds is 8. The average Bonchev–Trinajstić information content (AvgIpc) is 3.31. The zero-order valence-electron chi connectivity index (χ0n) is 17.9. The Bertz CT molecular complexity index is 972. The fourth-order valence-corrected chi connectivity index (χ4v) is 3.57. The van der Waals surface area contributed by atoms with Crippen LogP contribution in [0.2, 0.25) is 0 Å². The summed E-state index contributed by atoms with van der Waals surface area (Å²) in [6.45, 7) is 1.81. The minimum Gasteiger partial charge on any atom is -0.493 e. The van der Waals surface area contributed by atoms with Crippen molar-refractivity contribution in [3.8, 4) is 17.2 Å². The summed E-state index contributed by atoms with van der Waals surface area (Å²) in [4.78, 5) is 26.4. The highest BCUT2D eigenvalue weighted by atomic mass is 16.5. The zero-order valence-corrected chi connectivity index (χ0v) is 17.9. The first kappa shape index (κ1) is 22.0. The molecule has 1 saturated heterocycles. The topological polar surface area (TPSA) is 103 Å². The van der Waals surface area contributed by atoms with Crippen molar-refractivity contribution in [3.05, 3.63) is 47.5 Å². The van der Waals surface area contributed by atoms with Gasteiger partial charge in [-0.3, -0.25) is 9.59 Å². The van der Waals surface area contributed by atoms with E-state index in [1.807, 2.05) is 6.07 Å². The molecule has 3 N–H and O–H groups in total. The smallest absolute Gasteiger partial charge is 0.248 e. The van der Waals surface area contributed by atoms with Gasteiger partial charge in [0, 0.05) is 24.7 Å². The third-order valence-corrected chi connectivity index (χ3v) is 5.10. The first-order valence-electron chi connectivity index (χ1n) is 9.94. The molecule has 8 heteroatoms. The van der Waals surface area contributed by atoms with E-state index in [0.717, 1.165) is 31.6 Å². The van der Waals surface area contributed by atoms with Gasteiger partial charge in [-0.2, -0.15) is 0 Å². The molecule has 0 unspecified atom stereocenters. The Morgan fingerprint density at radius 1 is 1.00 bits per heavy atom. The molecule has 31 heavy (non-hydrogen) atoms. The summed E-state index contributed by atoms with van der Waals surface area (Å²) in [5.41, 5.74) is 7.89. The van der Waals surface area contributed by atoms with E-state index in [9.17, 15) is 9.59 Å². The van der Waals surface area contributed by atoms with Crippen molar-refractivity contribution in [2.45, 2.75) is 12.8 Å². The summed E-state index contributed by atoms with van der Waals surface area (Å²) in [6, 6.07) is 8.60. The third-order valence-electron chi connectivity index (χ3n) is 5.10. The first-order valence-corrected chi connectivity index (χ1v) is 9.94. The molecule has 0 spiro atoms. The Morgan fingerprint density at radius 3 is 2.19 bits per heavy atom. The highest BCUT2D eigenvalue weighted by Gasteiger charge is 2.18. The number of nitrogens with one attached hydrogen (secondary N) is 1. The number of nitrogens with zero attached hydrogens (tertiary/aromatic N) is 1. The van der Waals surface area contributed by atoms with Gasteiger partial charge in [0.15, 0.2) is 11.5 Å². The van der Waals surface area contributed by atoms with E-state index in [-0.39, 0.29) is 5.91 Å². The minimum atomic E-state index is -0.545. The van der Waals surface area contributed by atoms with E-state index in [1.165, 1.54) is 27.4 Å². The van der Waals surface area contributed by atoms with Gasteiger partial charge >= 0.3 is 0 Å². The van der Waals surface area contributed by atoms with E-state index in [0.29, 0.717) is 34.1 Å². The van der Waals surface area contributed by atoms with E-state index in [1.54, 1.807) is 30.3 Å². The van der Waals surface area contributed by atoms with Crippen LogP contribution in [0.3, 0.4) is 0 Å². The Kier molecular flexibility index (Phi) is 7.02. The number of nitrogens with two attached hydrogens (primary N) is 1. The summed E-state index contributed by atoms with van der Waals surface area (Å²) in [5, 5.41) is 2.87. The summed E-state index contributed by atoms with van der Waals surface area (Å²) in [5.74, 6) is 0.581. The number of methoxy groups -OCH3 is 3. The number of anilines is 2. The molecule has 0 atom stereocenters. The summed E-state index contributed by atoms with van der Waals surface area (Å²) in [7, 11) is 4.59. The Labute approximate surface area is 181 Å². The molecule has 0 bridgehead atoms. The lowest BCUT2D eigenvalue weighted by molar-refractivity contribution is -0.111. The largest absolute Gasteiger partial charge is 0.493 e. The monoisotopic (exact) mass is 425 g/mol. The zero-order chi connectivity index (χ0) is 22.4. The van der Waals surface area contributed by atoms with Gasteiger partial charge in [0.1, 0.15) is 0 Å². The lowest BCUT2D eigenvalue weighted by Crippen LogP contribution is -2.21. The lowest BCUT2D eigenvalue weighted by Gasteiger charge is -2.22. The second kappa shape index (κ2) is 9.88. The van der Waals surface area contributed by atoms with Crippen LogP contribution in [0.5, 0.6) is 17.2 Å². The Balaban J connectivity index is 1.84. The minimum absolute atomic E-state index is 0.337. The molecule has 164 valence electrons. The van der Waals surface area contributed by atoms with Gasteiger partial charge in [-0.05, 0) is 54.8 Å². The average molecular weight is 425 g/mol. The van der Waals surface area contributed by atoms with Crippen molar-refractivity contribution in [2.24, 2.45) is 5.73 Å². The van der Waals surface area contributed by atoms with Crippen LogP contribution >= 0.6 is 0 Å². The van der Waals surface area contributed by atoms with Gasteiger partial charge in [0.2, 0.25) is 17.6 Å². The molecule has 1 fully saturated rings. The number of carbonyl (C=O) groups is 2. The fraction of sp³-hybridized carbons (Fsp3) is 0.304. The van der Waals surface area contributed by atoms with E-state index in [4.69, 9.17) is 19.9 Å². The van der Waals surface area contributed by atoms with Gasteiger partial charge in [0.25, 0.3) is 0 Å². The number of hydrogen-bond donors (Lipinski definition) is 2. The van der Waals surface area contributed by atoms with E-state index >= 15 is 0 Å². The molecule has 0 aliphatic carbocycles. The van der Waals surface area contributed by atoms with Crippen molar-refractivity contribution in [3.63, 3.8) is 0 Å². The maximum atomic E-state index is 12.6. The lowest BCUT2D eigenvalue weighted by atomic mass is 10.1. The normalized spacial score (nSPS) is 13.3. The maximum Gasteiger partial charge on any atom is 0.248 e. The number of primary amides is 1. The molecule has 8 nitrogen and oxygen atoms in total. The standard InChI is InChI=1S/C23H27N3O5/c1-29-19-12-15(13-20(30-2)22(19)31-3)6-9-21(27)25-17-14-16(23(24)28)7-8-18(17)26-10-4-5-11-26/h6-9,12-14H,4-5,10-11H2,1-3H3,(H2,24,28)(H,25,27). The number of carbonyl (C=O) groups excluding carboxylic acids is 2. The van der Waals surface area contributed by atoms with E-state index in [2.05, 4.69) is 10.2 Å². The van der Waals surface area contributed by atoms with Crippen molar-refractivity contribution in [1.82, 2.24) is 0 Å². The Hall–Kier alpha value is -3.68. The molecule has 1 aliphatic rings. The summed E-state index contributed by atoms with van der Waals surface area (Å²) >= 11 is 0. The van der Waals surface area contributed by atoms with Gasteiger partial charge in [-0.1, -0.05) is 0 Å². The molecule has 0 radical (unpaired) electrons. The maximum absolute atomic E-state index is 12.6. The molecule has 2 aromatic carbocycles.